The minimum Gasteiger partial charge on any atom is -0.456 e. The quantitative estimate of drug-likeness (QED) is 0.686. The van der Waals surface area contributed by atoms with Gasteiger partial charge in [-0.1, -0.05) is 6.07 Å². The summed E-state index contributed by atoms with van der Waals surface area (Å²) in [5.74, 6) is 1.28. The first-order valence-electron chi connectivity index (χ1n) is 6.18. The molecule has 0 saturated carbocycles. The lowest BCUT2D eigenvalue weighted by Crippen LogP contribution is -1.94. The first kappa shape index (κ1) is 16.3. The minimum atomic E-state index is -3.75. The molecule has 21 heavy (non-hydrogen) atoms. The molecule has 0 aliphatic carbocycles. The van der Waals surface area contributed by atoms with Gasteiger partial charge in [0, 0.05) is 10.7 Å². The van der Waals surface area contributed by atoms with Gasteiger partial charge in [-0.05, 0) is 77.7 Å². The summed E-state index contributed by atoms with van der Waals surface area (Å²) in [6.07, 6.45) is 0. The van der Waals surface area contributed by atoms with Crippen molar-refractivity contribution >= 4 is 35.7 Å². The average Bonchev–Trinajstić information content (AvgIpc) is 2.36. The first-order valence-corrected chi connectivity index (χ1v) is 9.28. The summed E-state index contributed by atoms with van der Waals surface area (Å²) in [7, 11) is 1.57. The van der Waals surface area contributed by atoms with Gasteiger partial charge in [0.25, 0.3) is 9.05 Å². The largest absolute Gasteiger partial charge is 0.456 e. The maximum absolute atomic E-state index is 11.3. The van der Waals surface area contributed by atoms with Crippen LogP contribution in [0.5, 0.6) is 11.5 Å². The van der Waals surface area contributed by atoms with Crippen molar-refractivity contribution < 1.29 is 13.2 Å². The molecule has 0 amide bonds. The van der Waals surface area contributed by atoms with Gasteiger partial charge >= 0.3 is 0 Å². The minimum absolute atomic E-state index is 0.0283. The zero-order valence-corrected chi connectivity index (χ0v) is 14.9. The molecule has 0 aliphatic rings. The van der Waals surface area contributed by atoms with Crippen LogP contribution in [0, 0.1) is 20.8 Å². The molecule has 0 heterocycles. The summed E-state index contributed by atoms with van der Waals surface area (Å²) in [6, 6.07) is 8.45. The molecule has 2 rings (SSSR count). The summed E-state index contributed by atoms with van der Waals surface area (Å²) >= 11 is 3.31. The number of ether oxygens (including phenoxy) is 1. The Labute approximate surface area is 137 Å². The van der Waals surface area contributed by atoms with E-state index in [-0.39, 0.29) is 4.90 Å². The van der Waals surface area contributed by atoms with Crippen molar-refractivity contribution in [1.29, 1.82) is 0 Å². The van der Waals surface area contributed by atoms with Crippen molar-refractivity contribution in [2.45, 2.75) is 25.7 Å². The van der Waals surface area contributed by atoms with Crippen LogP contribution in [-0.4, -0.2) is 8.42 Å². The normalized spacial score (nSPS) is 11.5. The van der Waals surface area contributed by atoms with Crippen LogP contribution in [0.3, 0.4) is 0 Å². The van der Waals surface area contributed by atoms with E-state index in [1.54, 1.807) is 6.07 Å². The Morgan fingerprint density at radius 2 is 1.71 bits per heavy atom. The van der Waals surface area contributed by atoms with Crippen molar-refractivity contribution in [3.8, 4) is 11.5 Å². The third-order valence-electron chi connectivity index (χ3n) is 3.17. The summed E-state index contributed by atoms with van der Waals surface area (Å²) in [6.45, 7) is 6.00. The standard InChI is InChI=1S/C15H14BrClO3S/c1-9-6-10(2)11(3)15(7-9)20-14-5-4-12(8-13(14)16)21(17,18)19/h4-8H,1-3H3. The third kappa shape index (κ3) is 3.78. The van der Waals surface area contributed by atoms with Crippen LogP contribution in [0.15, 0.2) is 39.7 Å². The SMILES string of the molecule is Cc1cc(C)c(C)c(Oc2ccc(S(=O)(=O)Cl)cc2Br)c1. The van der Waals surface area contributed by atoms with E-state index >= 15 is 0 Å². The van der Waals surface area contributed by atoms with Crippen LogP contribution in [-0.2, 0) is 9.05 Å². The smallest absolute Gasteiger partial charge is 0.261 e. The van der Waals surface area contributed by atoms with Crippen LogP contribution in [0.2, 0.25) is 0 Å². The van der Waals surface area contributed by atoms with E-state index in [0.717, 1.165) is 22.4 Å². The summed E-state index contributed by atoms with van der Waals surface area (Å²) in [5, 5.41) is 0. The predicted octanol–water partition coefficient (Wildman–Crippen LogP) is 5.09. The summed E-state index contributed by atoms with van der Waals surface area (Å²) < 4.78 is 29.0. The molecule has 0 spiro atoms. The second kappa shape index (κ2) is 5.99. The molecule has 3 nitrogen and oxygen atoms in total. The second-order valence-electron chi connectivity index (χ2n) is 4.84. The van der Waals surface area contributed by atoms with Gasteiger partial charge in [0.1, 0.15) is 11.5 Å². The zero-order valence-electron chi connectivity index (χ0n) is 11.8. The van der Waals surface area contributed by atoms with Gasteiger partial charge in [-0.25, -0.2) is 8.42 Å². The molecule has 2 aromatic rings. The monoisotopic (exact) mass is 388 g/mol. The van der Waals surface area contributed by atoms with E-state index in [1.807, 2.05) is 26.8 Å². The average molecular weight is 390 g/mol. The van der Waals surface area contributed by atoms with Crippen LogP contribution in [0.1, 0.15) is 16.7 Å². The Hall–Kier alpha value is -1.04. The van der Waals surface area contributed by atoms with E-state index in [0.29, 0.717) is 10.2 Å². The van der Waals surface area contributed by atoms with Crippen molar-refractivity contribution in [1.82, 2.24) is 0 Å². The molecule has 0 N–H and O–H groups in total. The second-order valence-corrected chi connectivity index (χ2v) is 8.26. The molecule has 0 atom stereocenters. The Morgan fingerprint density at radius 3 is 2.29 bits per heavy atom. The van der Waals surface area contributed by atoms with E-state index < -0.39 is 9.05 Å². The molecule has 2 aromatic carbocycles. The Morgan fingerprint density at radius 1 is 1.05 bits per heavy atom. The fourth-order valence-corrected chi connectivity index (χ4v) is 3.33. The topological polar surface area (TPSA) is 43.4 Å². The molecule has 0 unspecified atom stereocenters. The van der Waals surface area contributed by atoms with Gasteiger partial charge in [0.05, 0.1) is 9.37 Å². The molecular formula is C15H14BrClO3S. The van der Waals surface area contributed by atoms with Gasteiger partial charge in [-0.3, -0.25) is 0 Å². The highest BCUT2D eigenvalue weighted by Gasteiger charge is 2.14. The molecular weight excluding hydrogens is 376 g/mol. The number of hydrogen-bond acceptors (Lipinski definition) is 3. The third-order valence-corrected chi connectivity index (χ3v) is 5.14. The number of halogens is 2. The Balaban J connectivity index is 2.42. The molecule has 0 aliphatic heterocycles. The highest BCUT2D eigenvalue weighted by Crippen LogP contribution is 2.34. The van der Waals surface area contributed by atoms with Gasteiger partial charge in [-0.15, -0.1) is 0 Å². The maximum Gasteiger partial charge on any atom is 0.261 e. The van der Waals surface area contributed by atoms with E-state index in [2.05, 4.69) is 22.0 Å². The summed E-state index contributed by atoms with van der Waals surface area (Å²) in [5.41, 5.74) is 3.28. The van der Waals surface area contributed by atoms with Gasteiger partial charge in [0.2, 0.25) is 0 Å². The lowest BCUT2D eigenvalue weighted by molar-refractivity contribution is 0.474. The van der Waals surface area contributed by atoms with E-state index in [4.69, 9.17) is 15.4 Å². The lowest BCUT2D eigenvalue weighted by atomic mass is 10.1. The van der Waals surface area contributed by atoms with Gasteiger partial charge in [-0.2, -0.15) is 0 Å². The predicted molar refractivity (Wildman–Crippen MR) is 87.9 cm³/mol. The van der Waals surface area contributed by atoms with Gasteiger partial charge < -0.3 is 4.74 Å². The van der Waals surface area contributed by atoms with Crippen LogP contribution >= 0.6 is 26.6 Å². The Kier molecular flexibility index (Phi) is 4.66. The fourth-order valence-electron chi connectivity index (χ4n) is 1.94. The van der Waals surface area contributed by atoms with Gasteiger partial charge in [0.15, 0.2) is 0 Å². The molecule has 0 fully saturated rings. The Bertz CT molecular complexity index is 801. The van der Waals surface area contributed by atoms with Crippen molar-refractivity contribution in [3.05, 3.63) is 51.5 Å². The lowest BCUT2D eigenvalue weighted by Gasteiger charge is -2.13. The van der Waals surface area contributed by atoms with E-state index in [1.165, 1.54) is 12.1 Å². The zero-order chi connectivity index (χ0) is 15.8. The van der Waals surface area contributed by atoms with Crippen molar-refractivity contribution in [3.63, 3.8) is 0 Å². The highest BCUT2D eigenvalue weighted by atomic mass is 79.9. The molecule has 0 aromatic heterocycles. The molecule has 0 radical (unpaired) electrons. The molecule has 0 bridgehead atoms. The van der Waals surface area contributed by atoms with Crippen LogP contribution in [0.4, 0.5) is 0 Å². The van der Waals surface area contributed by atoms with Crippen molar-refractivity contribution in [2.24, 2.45) is 0 Å². The first-order chi connectivity index (χ1) is 9.68. The molecule has 0 saturated heterocycles. The number of benzene rings is 2. The van der Waals surface area contributed by atoms with Crippen LogP contribution in [0.25, 0.3) is 0 Å². The molecule has 112 valence electrons. The number of hydrogen-bond donors (Lipinski definition) is 0. The van der Waals surface area contributed by atoms with Crippen molar-refractivity contribution in [2.75, 3.05) is 0 Å². The summed E-state index contributed by atoms with van der Waals surface area (Å²) in [4.78, 5) is 0.0283. The van der Waals surface area contributed by atoms with Crippen LogP contribution < -0.4 is 4.74 Å². The fraction of sp³-hybridized carbons (Fsp3) is 0.200. The van der Waals surface area contributed by atoms with E-state index in [9.17, 15) is 8.42 Å². The molecule has 6 heteroatoms. The number of aryl methyl sites for hydroxylation is 2. The number of rotatable bonds is 3. The highest BCUT2D eigenvalue weighted by molar-refractivity contribution is 9.10. The maximum atomic E-state index is 11.3.